The number of carbonyl (C=O) groups is 5. The second-order valence-corrected chi connectivity index (χ2v) is 8.11. The van der Waals surface area contributed by atoms with E-state index in [0.717, 1.165) is 33.8 Å². The molecule has 214 valence electrons. The summed E-state index contributed by atoms with van der Waals surface area (Å²) in [5.74, 6) is -4.22. The standard InChI is InChI=1S/C25H30O14/c1-12(26)34-11-19-22(35-13(2)27)23(36-14(3)28)24(37-15(4)29)25(38-19)39-20(30)8-7-16-9-17(32-5)21(31)18(10-16)33-6/h7-10,19,22-25,31H,11H2,1-6H3/b8-7+/t19-,22-,23+,24-,25+/m1/s1. The third kappa shape index (κ3) is 8.88. The summed E-state index contributed by atoms with van der Waals surface area (Å²) in [5, 5.41) is 10.1. The van der Waals surface area contributed by atoms with Crippen molar-refractivity contribution in [2.45, 2.75) is 58.4 Å². The normalized spacial score (nSPS) is 22.4. The molecule has 2 rings (SSSR count). The molecule has 0 saturated carbocycles. The maximum Gasteiger partial charge on any atom is 0.333 e. The highest BCUT2D eigenvalue weighted by atomic mass is 16.7. The van der Waals surface area contributed by atoms with Gasteiger partial charge in [-0.25, -0.2) is 4.79 Å². The van der Waals surface area contributed by atoms with Crippen LogP contribution < -0.4 is 9.47 Å². The van der Waals surface area contributed by atoms with E-state index in [-0.39, 0.29) is 17.2 Å². The van der Waals surface area contributed by atoms with Gasteiger partial charge in [-0.2, -0.15) is 0 Å². The van der Waals surface area contributed by atoms with Crippen LogP contribution in [0.3, 0.4) is 0 Å². The Morgan fingerprint density at radius 3 is 1.79 bits per heavy atom. The van der Waals surface area contributed by atoms with Gasteiger partial charge in [0.15, 0.2) is 23.7 Å². The van der Waals surface area contributed by atoms with Crippen molar-refractivity contribution in [3.05, 3.63) is 23.8 Å². The van der Waals surface area contributed by atoms with E-state index in [9.17, 15) is 29.1 Å². The van der Waals surface area contributed by atoms with E-state index in [0.29, 0.717) is 5.56 Å². The van der Waals surface area contributed by atoms with Crippen molar-refractivity contribution in [3.8, 4) is 17.2 Å². The Balaban J connectivity index is 2.39. The second kappa shape index (κ2) is 14.0. The fraction of sp³-hybridized carbons (Fsp3) is 0.480. The summed E-state index contributed by atoms with van der Waals surface area (Å²) in [7, 11) is 2.67. The Bertz CT molecular complexity index is 1080. The molecule has 1 aliphatic heterocycles. The summed E-state index contributed by atoms with van der Waals surface area (Å²) in [6.45, 7) is 3.86. The van der Waals surface area contributed by atoms with Gasteiger partial charge in [0.2, 0.25) is 18.1 Å². The maximum atomic E-state index is 12.7. The second-order valence-electron chi connectivity index (χ2n) is 8.11. The number of methoxy groups -OCH3 is 2. The summed E-state index contributed by atoms with van der Waals surface area (Å²) in [6, 6.07) is 2.85. The van der Waals surface area contributed by atoms with E-state index in [1.807, 2.05) is 0 Å². The van der Waals surface area contributed by atoms with Crippen molar-refractivity contribution in [3.63, 3.8) is 0 Å². The van der Waals surface area contributed by atoms with Crippen molar-refractivity contribution >= 4 is 35.9 Å². The monoisotopic (exact) mass is 554 g/mol. The number of benzene rings is 1. The van der Waals surface area contributed by atoms with Crippen LogP contribution in [0, 0.1) is 0 Å². The number of phenols is 1. The molecule has 1 aromatic carbocycles. The van der Waals surface area contributed by atoms with E-state index in [2.05, 4.69) is 0 Å². The largest absolute Gasteiger partial charge is 0.502 e. The lowest BCUT2D eigenvalue weighted by Crippen LogP contribution is -2.63. The van der Waals surface area contributed by atoms with E-state index >= 15 is 0 Å². The van der Waals surface area contributed by atoms with Crippen LogP contribution in [0.5, 0.6) is 17.2 Å². The summed E-state index contributed by atoms with van der Waals surface area (Å²) in [4.78, 5) is 59.7. The molecule has 1 aliphatic rings. The molecule has 14 nitrogen and oxygen atoms in total. The van der Waals surface area contributed by atoms with Crippen LogP contribution in [-0.4, -0.2) is 86.5 Å². The number of rotatable bonds is 10. The predicted octanol–water partition coefficient (Wildman–Crippen LogP) is 1.05. The Morgan fingerprint density at radius 1 is 0.795 bits per heavy atom. The molecule has 0 bridgehead atoms. The molecule has 14 heteroatoms. The lowest BCUT2D eigenvalue weighted by Gasteiger charge is -2.43. The quantitative estimate of drug-likeness (QED) is 0.246. The minimum atomic E-state index is -1.67. The smallest absolute Gasteiger partial charge is 0.333 e. The molecule has 1 saturated heterocycles. The van der Waals surface area contributed by atoms with Gasteiger partial charge >= 0.3 is 29.8 Å². The molecule has 0 amide bonds. The molecule has 0 aliphatic carbocycles. The maximum absolute atomic E-state index is 12.7. The van der Waals surface area contributed by atoms with Crippen LogP contribution in [0.2, 0.25) is 0 Å². The van der Waals surface area contributed by atoms with Gasteiger partial charge in [-0.1, -0.05) is 0 Å². The molecule has 1 fully saturated rings. The van der Waals surface area contributed by atoms with Crippen LogP contribution in [0.4, 0.5) is 0 Å². The number of carbonyl (C=O) groups excluding carboxylic acids is 5. The lowest BCUT2D eigenvalue weighted by molar-refractivity contribution is -0.299. The summed E-state index contributed by atoms with van der Waals surface area (Å²) in [6.07, 6.45) is -5.07. The highest BCUT2D eigenvalue weighted by molar-refractivity contribution is 5.87. The first kappa shape index (κ1) is 30.9. The van der Waals surface area contributed by atoms with Gasteiger partial charge < -0.3 is 43.0 Å². The van der Waals surface area contributed by atoms with Crippen LogP contribution >= 0.6 is 0 Å². The third-order valence-corrected chi connectivity index (χ3v) is 5.09. The molecule has 1 N–H and O–H groups in total. The molecule has 0 radical (unpaired) electrons. The van der Waals surface area contributed by atoms with Crippen molar-refractivity contribution in [1.29, 1.82) is 0 Å². The van der Waals surface area contributed by atoms with Crippen molar-refractivity contribution < 1.29 is 67.0 Å². The van der Waals surface area contributed by atoms with E-state index in [4.69, 9.17) is 37.9 Å². The Labute approximate surface area is 223 Å². The van der Waals surface area contributed by atoms with Gasteiger partial charge in [0.1, 0.15) is 12.7 Å². The van der Waals surface area contributed by atoms with E-state index < -0.39 is 67.2 Å². The molecule has 1 aromatic rings. The minimum absolute atomic E-state index is 0.0851. The number of hydrogen-bond acceptors (Lipinski definition) is 14. The van der Waals surface area contributed by atoms with Crippen molar-refractivity contribution in [1.82, 2.24) is 0 Å². The molecule has 1 heterocycles. The first-order chi connectivity index (χ1) is 18.4. The van der Waals surface area contributed by atoms with Crippen LogP contribution in [-0.2, 0) is 52.4 Å². The Morgan fingerprint density at radius 2 is 1.31 bits per heavy atom. The highest BCUT2D eigenvalue weighted by Crippen LogP contribution is 2.37. The molecular weight excluding hydrogens is 524 g/mol. The average Bonchev–Trinajstić information content (AvgIpc) is 2.84. The van der Waals surface area contributed by atoms with Crippen LogP contribution in [0.25, 0.3) is 6.08 Å². The molecule has 5 atom stereocenters. The minimum Gasteiger partial charge on any atom is -0.502 e. The first-order valence-corrected chi connectivity index (χ1v) is 11.5. The first-order valence-electron chi connectivity index (χ1n) is 11.5. The van der Waals surface area contributed by atoms with E-state index in [1.54, 1.807) is 0 Å². The number of ether oxygens (including phenoxy) is 8. The number of esters is 5. The van der Waals surface area contributed by atoms with Crippen LogP contribution in [0.15, 0.2) is 18.2 Å². The van der Waals surface area contributed by atoms with Gasteiger partial charge in [-0.15, -0.1) is 0 Å². The molecule has 0 aromatic heterocycles. The van der Waals surface area contributed by atoms with Gasteiger partial charge in [0.25, 0.3) is 0 Å². The summed E-state index contributed by atoms with van der Waals surface area (Å²) in [5.41, 5.74) is 0.389. The zero-order valence-electron chi connectivity index (χ0n) is 22.2. The fourth-order valence-electron chi connectivity index (χ4n) is 3.61. The Hall–Kier alpha value is -4.33. The van der Waals surface area contributed by atoms with Gasteiger partial charge in [0, 0.05) is 33.8 Å². The molecular formula is C25H30O14. The molecule has 0 unspecified atom stereocenters. The van der Waals surface area contributed by atoms with Crippen LogP contribution in [0.1, 0.15) is 33.3 Å². The SMILES string of the molecule is COc1cc(/C=C/C(=O)O[C@@H]2O[C@H](COC(C)=O)[C@@H](OC(C)=O)[C@H](OC(C)=O)[C@H]2OC(C)=O)cc(OC)c1O. The summed E-state index contributed by atoms with van der Waals surface area (Å²) < 4.78 is 42.0. The topological polar surface area (TPSA) is 179 Å². The van der Waals surface area contributed by atoms with Crippen molar-refractivity contribution in [2.75, 3.05) is 20.8 Å². The number of hydrogen-bond donors (Lipinski definition) is 1. The number of phenolic OH excluding ortho intramolecular Hbond substituents is 1. The molecule has 39 heavy (non-hydrogen) atoms. The zero-order valence-corrected chi connectivity index (χ0v) is 22.2. The zero-order chi connectivity index (χ0) is 29.3. The van der Waals surface area contributed by atoms with Gasteiger partial charge in [-0.3, -0.25) is 19.2 Å². The summed E-state index contributed by atoms with van der Waals surface area (Å²) >= 11 is 0. The van der Waals surface area contributed by atoms with E-state index in [1.165, 1.54) is 32.4 Å². The lowest BCUT2D eigenvalue weighted by atomic mass is 9.98. The molecule has 0 spiro atoms. The van der Waals surface area contributed by atoms with Gasteiger partial charge in [0.05, 0.1) is 14.2 Å². The van der Waals surface area contributed by atoms with Gasteiger partial charge in [-0.05, 0) is 23.8 Å². The fourth-order valence-corrected chi connectivity index (χ4v) is 3.61. The number of aromatic hydroxyl groups is 1. The Kier molecular flexibility index (Phi) is 11.1. The average molecular weight is 555 g/mol. The van der Waals surface area contributed by atoms with Crippen molar-refractivity contribution in [2.24, 2.45) is 0 Å². The highest BCUT2D eigenvalue weighted by Gasteiger charge is 2.53. The predicted molar refractivity (Wildman–Crippen MR) is 128 cm³/mol. The third-order valence-electron chi connectivity index (χ3n) is 5.09.